The van der Waals surface area contributed by atoms with Gasteiger partial charge in [-0.2, -0.15) is 0 Å². The number of alkyl halides is 1. The molecule has 0 aliphatic rings. The van der Waals surface area contributed by atoms with Gasteiger partial charge < -0.3 is 4.74 Å². The molecule has 10 heteroatoms. The number of nitro benzene ring substituents is 2. The Labute approximate surface area is 116 Å². The van der Waals surface area contributed by atoms with Gasteiger partial charge in [0.15, 0.2) is 0 Å². The maximum atomic E-state index is 13.6. The molecule has 0 amide bonds. The predicted molar refractivity (Wildman–Crippen MR) is 65.6 cm³/mol. The molecule has 0 aromatic heterocycles. The highest BCUT2D eigenvalue weighted by Gasteiger charge is 2.34. The Morgan fingerprint density at radius 1 is 1.29 bits per heavy atom. The maximum Gasteiger partial charge on any atom is 0.349 e. The van der Waals surface area contributed by atoms with Crippen molar-refractivity contribution in [1.29, 1.82) is 0 Å². The molecule has 1 atom stereocenters. The number of carbonyl (C=O) groups is 2. The van der Waals surface area contributed by atoms with Gasteiger partial charge in [0, 0.05) is 6.07 Å². The Morgan fingerprint density at radius 3 is 2.38 bits per heavy atom. The van der Waals surface area contributed by atoms with E-state index in [1.807, 2.05) is 0 Å². The largest absolute Gasteiger partial charge is 0.463 e. The van der Waals surface area contributed by atoms with Crippen LogP contribution in [-0.4, -0.2) is 34.4 Å². The summed E-state index contributed by atoms with van der Waals surface area (Å²) in [6, 6.07) is 2.05. The molecule has 0 saturated carbocycles. The van der Waals surface area contributed by atoms with Gasteiger partial charge in [-0.3, -0.25) is 25.0 Å². The van der Waals surface area contributed by atoms with Crippen molar-refractivity contribution in [3.8, 4) is 0 Å². The van der Waals surface area contributed by atoms with Gasteiger partial charge in [0.1, 0.15) is 0 Å². The van der Waals surface area contributed by atoms with Crippen LogP contribution in [-0.2, 0) is 9.53 Å². The first-order chi connectivity index (χ1) is 9.79. The number of halogens is 1. The zero-order valence-corrected chi connectivity index (χ0v) is 10.6. The molecule has 0 fully saturated rings. The lowest BCUT2D eigenvalue weighted by atomic mass is 10.0. The smallest absolute Gasteiger partial charge is 0.349 e. The summed E-state index contributed by atoms with van der Waals surface area (Å²) in [6.45, 7) is 1.22. The van der Waals surface area contributed by atoms with E-state index in [-0.39, 0.29) is 6.61 Å². The van der Waals surface area contributed by atoms with Gasteiger partial charge in [-0.15, -0.1) is 0 Å². The minimum Gasteiger partial charge on any atom is -0.463 e. The number of rotatable bonds is 6. The van der Waals surface area contributed by atoms with Crippen molar-refractivity contribution in [3.05, 3.63) is 44.0 Å². The van der Waals surface area contributed by atoms with Crippen LogP contribution in [0.3, 0.4) is 0 Å². The SMILES string of the molecule is CCOC(=O)C(F)C(=O)c1ccc([N+](=O)[O-])cc1[N+](=O)[O-]. The molecule has 112 valence electrons. The number of Topliss-reactive ketones (excluding diaryl/α,β-unsaturated/α-hetero) is 1. The van der Waals surface area contributed by atoms with Crippen LogP contribution in [0.5, 0.6) is 0 Å². The van der Waals surface area contributed by atoms with Crippen LogP contribution in [0.4, 0.5) is 15.8 Å². The van der Waals surface area contributed by atoms with Crippen LogP contribution in [0.1, 0.15) is 17.3 Å². The summed E-state index contributed by atoms with van der Waals surface area (Å²) in [5.74, 6) is -2.97. The summed E-state index contributed by atoms with van der Waals surface area (Å²) in [4.78, 5) is 42.2. The van der Waals surface area contributed by atoms with Crippen LogP contribution in [0.15, 0.2) is 18.2 Å². The van der Waals surface area contributed by atoms with Gasteiger partial charge in [-0.05, 0) is 13.0 Å². The summed E-state index contributed by atoms with van der Waals surface area (Å²) < 4.78 is 17.9. The predicted octanol–water partition coefficient (Wildman–Crippen LogP) is 1.59. The number of hydrogen-bond donors (Lipinski definition) is 0. The quantitative estimate of drug-likeness (QED) is 0.256. The van der Waals surface area contributed by atoms with E-state index in [1.165, 1.54) is 6.92 Å². The average molecular weight is 300 g/mol. The average Bonchev–Trinajstić information content (AvgIpc) is 2.45. The number of nitrogens with zero attached hydrogens (tertiary/aromatic N) is 2. The Bertz CT molecular complexity index is 617. The first-order valence-electron chi connectivity index (χ1n) is 5.57. The van der Waals surface area contributed by atoms with Crippen molar-refractivity contribution in [2.75, 3.05) is 6.61 Å². The zero-order chi connectivity index (χ0) is 16.2. The molecule has 0 N–H and O–H groups in total. The first kappa shape index (κ1) is 16.1. The van der Waals surface area contributed by atoms with Crippen molar-refractivity contribution in [3.63, 3.8) is 0 Å². The van der Waals surface area contributed by atoms with E-state index in [0.29, 0.717) is 6.07 Å². The lowest BCUT2D eigenvalue weighted by Gasteiger charge is -2.07. The normalized spacial score (nSPS) is 11.5. The van der Waals surface area contributed by atoms with E-state index < -0.39 is 44.7 Å². The van der Waals surface area contributed by atoms with E-state index in [2.05, 4.69) is 4.74 Å². The molecule has 0 radical (unpaired) electrons. The summed E-state index contributed by atoms with van der Waals surface area (Å²) in [5, 5.41) is 21.3. The Balaban J connectivity index is 3.23. The molecule has 0 saturated heterocycles. The van der Waals surface area contributed by atoms with Gasteiger partial charge in [0.05, 0.1) is 28.1 Å². The van der Waals surface area contributed by atoms with Crippen molar-refractivity contribution in [2.24, 2.45) is 0 Å². The highest BCUT2D eigenvalue weighted by atomic mass is 19.1. The molecule has 1 rings (SSSR count). The molecule has 0 aliphatic heterocycles. The Hall–Kier alpha value is -2.91. The van der Waals surface area contributed by atoms with Gasteiger partial charge in [-0.1, -0.05) is 0 Å². The lowest BCUT2D eigenvalue weighted by Crippen LogP contribution is -2.28. The fourth-order valence-corrected chi connectivity index (χ4v) is 1.45. The fraction of sp³-hybridized carbons (Fsp3) is 0.273. The summed E-state index contributed by atoms with van der Waals surface area (Å²) in [7, 11) is 0. The number of ether oxygens (including phenoxy) is 1. The molecule has 21 heavy (non-hydrogen) atoms. The molecule has 0 bridgehead atoms. The second kappa shape index (κ2) is 6.50. The molecule has 1 unspecified atom stereocenters. The molecule has 1 aromatic carbocycles. The van der Waals surface area contributed by atoms with Crippen molar-refractivity contribution >= 4 is 23.1 Å². The summed E-state index contributed by atoms with van der Waals surface area (Å²) >= 11 is 0. The number of hydrogen-bond acceptors (Lipinski definition) is 7. The molecule has 1 aromatic rings. The number of carbonyl (C=O) groups excluding carboxylic acids is 2. The van der Waals surface area contributed by atoms with Gasteiger partial charge in [0.2, 0.25) is 5.78 Å². The summed E-state index contributed by atoms with van der Waals surface area (Å²) in [6.07, 6.45) is -2.73. The highest BCUT2D eigenvalue weighted by molar-refractivity contribution is 6.13. The van der Waals surface area contributed by atoms with Gasteiger partial charge >= 0.3 is 5.97 Å². The topological polar surface area (TPSA) is 130 Å². The van der Waals surface area contributed by atoms with Crippen molar-refractivity contribution < 1.29 is 28.6 Å². The van der Waals surface area contributed by atoms with Crippen LogP contribution in [0.25, 0.3) is 0 Å². The monoisotopic (exact) mass is 300 g/mol. The third kappa shape index (κ3) is 3.55. The standard InChI is InChI=1S/C11H9FN2O7/c1-2-21-11(16)9(12)10(15)7-4-3-6(13(17)18)5-8(7)14(19)20/h3-5,9H,2H2,1H3. The highest BCUT2D eigenvalue weighted by Crippen LogP contribution is 2.26. The second-order valence-corrected chi connectivity index (χ2v) is 3.69. The van der Waals surface area contributed by atoms with E-state index in [9.17, 15) is 34.2 Å². The number of esters is 1. The molecule has 9 nitrogen and oxygen atoms in total. The van der Waals surface area contributed by atoms with Crippen LogP contribution < -0.4 is 0 Å². The number of benzene rings is 1. The molecule has 0 heterocycles. The van der Waals surface area contributed by atoms with Gasteiger partial charge in [-0.25, -0.2) is 9.18 Å². The van der Waals surface area contributed by atoms with E-state index in [1.54, 1.807) is 0 Å². The third-order valence-electron chi connectivity index (χ3n) is 2.38. The third-order valence-corrected chi connectivity index (χ3v) is 2.38. The summed E-state index contributed by atoms with van der Waals surface area (Å²) in [5.41, 5.74) is -2.34. The Morgan fingerprint density at radius 2 is 1.90 bits per heavy atom. The van der Waals surface area contributed by atoms with Crippen LogP contribution >= 0.6 is 0 Å². The fourth-order valence-electron chi connectivity index (χ4n) is 1.45. The van der Waals surface area contributed by atoms with E-state index in [0.717, 1.165) is 12.1 Å². The van der Waals surface area contributed by atoms with Gasteiger partial charge in [0.25, 0.3) is 17.5 Å². The minimum absolute atomic E-state index is 0.172. The van der Waals surface area contributed by atoms with Crippen LogP contribution in [0.2, 0.25) is 0 Å². The van der Waals surface area contributed by atoms with E-state index in [4.69, 9.17) is 0 Å². The second-order valence-electron chi connectivity index (χ2n) is 3.69. The minimum atomic E-state index is -2.73. The number of non-ortho nitro benzene ring substituents is 1. The van der Waals surface area contributed by atoms with E-state index >= 15 is 0 Å². The van der Waals surface area contributed by atoms with Crippen molar-refractivity contribution in [1.82, 2.24) is 0 Å². The Kier molecular flexibility index (Phi) is 5.00. The number of ketones is 1. The molecule has 0 spiro atoms. The lowest BCUT2D eigenvalue weighted by molar-refractivity contribution is -0.394. The molecular formula is C11H9FN2O7. The number of nitro groups is 2. The maximum absolute atomic E-state index is 13.6. The van der Waals surface area contributed by atoms with Crippen molar-refractivity contribution in [2.45, 2.75) is 13.1 Å². The first-order valence-corrected chi connectivity index (χ1v) is 5.57. The molecule has 0 aliphatic carbocycles. The molecular weight excluding hydrogens is 291 g/mol. The zero-order valence-electron chi connectivity index (χ0n) is 10.6. The van der Waals surface area contributed by atoms with Crippen LogP contribution in [0, 0.1) is 20.2 Å².